The van der Waals surface area contributed by atoms with Gasteiger partial charge in [0.15, 0.2) is 0 Å². The first-order valence-electron chi connectivity index (χ1n) is 10.9. The highest BCUT2D eigenvalue weighted by atomic mass is 16.5. The number of hydrogen-bond donors (Lipinski definition) is 1. The number of benzene rings is 2. The summed E-state index contributed by atoms with van der Waals surface area (Å²) in [6.07, 6.45) is 0.196. The molecule has 2 aliphatic heterocycles. The maximum atomic E-state index is 13.1. The van der Waals surface area contributed by atoms with Crippen LogP contribution in [0, 0.1) is 5.92 Å². The van der Waals surface area contributed by atoms with Crippen LogP contribution in [0.3, 0.4) is 0 Å². The second-order valence-electron chi connectivity index (χ2n) is 8.00. The number of likely N-dealkylation sites (N-methyl/N-ethyl adjacent to an activating group) is 1. The molecule has 0 saturated carbocycles. The number of nitrogens with zero attached hydrogens (tertiary/aromatic N) is 3. The van der Waals surface area contributed by atoms with Gasteiger partial charge >= 0.3 is 0 Å². The van der Waals surface area contributed by atoms with Crippen molar-refractivity contribution in [2.45, 2.75) is 13.3 Å². The molecule has 1 N–H and O–H groups in total. The summed E-state index contributed by atoms with van der Waals surface area (Å²) in [6, 6.07) is 15.3. The zero-order valence-corrected chi connectivity index (χ0v) is 18.2. The molecule has 2 fully saturated rings. The number of ether oxygens (including phenoxy) is 1. The number of para-hydroxylation sites is 4. The lowest BCUT2D eigenvalue weighted by atomic mass is 10.1. The minimum Gasteiger partial charge on any atom is -0.495 e. The third-order valence-electron chi connectivity index (χ3n) is 6.19. The first kappa shape index (κ1) is 21.2. The van der Waals surface area contributed by atoms with Crippen molar-refractivity contribution >= 4 is 28.9 Å². The fraction of sp³-hybridized carbons (Fsp3) is 0.417. The van der Waals surface area contributed by atoms with Crippen LogP contribution in [0.1, 0.15) is 13.3 Å². The van der Waals surface area contributed by atoms with Gasteiger partial charge in [-0.05, 0) is 30.8 Å². The lowest BCUT2D eigenvalue weighted by molar-refractivity contribution is -0.122. The van der Waals surface area contributed by atoms with Crippen LogP contribution in [0.25, 0.3) is 0 Å². The zero-order chi connectivity index (χ0) is 21.8. The maximum Gasteiger partial charge on any atom is 0.229 e. The van der Waals surface area contributed by atoms with Gasteiger partial charge in [-0.2, -0.15) is 0 Å². The average molecular weight is 423 g/mol. The highest BCUT2D eigenvalue weighted by Gasteiger charge is 2.36. The van der Waals surface area contributed by atoms with Crippen molar-refractivity contribution in [2.75, 3.05) is 61.5 Å². The smallest absolute Gasteiger partial charge is 0.229 e. The van der Waals surface area contributed by atoms with E-state index in [0.717, 1.165) is 44.1 Å². The molecular formula is C24H30N4O3. The summed E-state index contributed by atoms with van der Waals surface area (Å²) < 4.78 is 5.39. The van der Waals surface area contributed by atoms with E-state index in [1.165, 1.54) is 0 Å². The van der Waals surface area contributed by atoms with E-state index in [1.54, 1.807) is 12.0 Å². The van der Waals surface area contributed by atoms with Gasteiger partial charge in [0.2, 0.25) is 11.8 Å². The fourth-order valence-corrected chi connectivity index (χ4v) is 4.36. The number of hydrogen-bond acceptors (Lipinski definition) is 5. The van der Waals surface area contributed by atoms with Crippen LogP contribution >= 0.6 is 0 Å². The SMILES string of the molecule is CCN1CCN(c2ccccc2NC(=O)C2CC(=O)N(c3ccccc3OC)C2)CC1. The van der Waals surface area contributed by atoms with E-state index in [-0.39, 0.29) is 18.2 Å². The number of piperazine rings is 1. The molecule has 4 rings (SSSR count). The Balaban J connectivity index is 1.45. The van der Waals surface area contributed by atoms with E-state index in [4.69, 9.17) is 4.74 Å². The summed E-state index contributed by atoms with van der Waals surface area (Å²) >= 11 is 0. The van der Waals surface area contributed by atoms with E-state index in [1.807, 2.05) is 42.5 Å². The normalized spacial score (nSPS) is 19.5. The van der Waals surface area contributed by atoms with Crippen molar-refractivity contribution in [1.29, 1.82) is 0 Å². The Morgan fingerprint density at radius 3 is 2.42 bits per heavy atom. The quantitative estimate of drug-likeness (QED) is 0.776. The van der Waals surface area contributed by atoms with Gasteiger partial charge in [0.1, 0.15) is 5.75 Å². The summed E-state index contributed by atoms with van der Waals surface area (Å²) in [5, 5.41) is 3.09. The van der Waals surface area contributed by atoms with E-state index < -0.39 is 5.92 Å². The Morgan fingerprint density at radius 2 is 1.71 bits per heavy atom. The first-order chi connectivity index (χ1) is 15.1. The van der Waals surface area contributed by atoms with Crippen molar-refractivity contribution in [3.05, 3.63) is 48.5 Å². The van der Waals surface area contributed by atoms with Crippen LogP contribution < -0.4 is 19.9 Å². The first-order valence-corrected chi connectivity index (χ1v) is 10.9. The molecule has 0 radical (unpaired) electrons. The monoisotopic (exact) mass is 422 g/mol. The molecule has 0 aliphatic carbocycles. The van der Waals surface area contributed by atoms with Crippen LogP contribution in [0.2, 0.25) is 0 Å². The molecule has 7 heteroatoms. The van der Waals surface area contributed by atoms with Gasteiger partial charge in [0.05, 0.1) is 30.1 Å². The molecule has 1 atom stereocenters. The molecule has 2 heterocycles. The van der Waals surface area contributed by atoms with Crippen LogP contribution in [0.4, 0.5) is 17.1 Å². The van der Waals surface area contributed by atoms with E-state index >= 15 is 0 Å². The van der Waals surface area contributed by atoms with E-state index in [9.17, 15) is 9.59 Å². The third-order valence-corrected chi connectivity index (χ3v) is 6.19. The average Bonchev–Trinajstić information content (AvgIpc) is 3.21. The van der Waals surface area contributed by atoms with Gasteiger partial charge in [0.25, 0.3) is 0 Å². The van der Waals surface area contributed by atoms with Gasteiger partial charge in [0, 0.05) is 39.1 Å². The summed E-state index contributed by atoms with van der Waals surface area (Å²) in [5.74, 6) is 0.0508. The zero-order valence-electron chi connectivity index (χ0n) is 18.2. The molecular weight excluding hydrogens is 392 g/mol. The lowest BCUT2D eigenvalue weighted by Crippen LogP contribution is -2.46. The number of anilines is 3. The topological polar surface area (TPSA) is 65.1 Å². The molecule has 2 aromatic carbocycles. The molecule has 0 spiro atoms. The molecule has 2 amide bonds. The number of rotatable bonds is 6. The maximum absolute atomic E-state index is 13.1. The highest BCUT2D eigenvalue weighted by molar-refractivity contribution is 6.05. The van der Waals surface area contributed by atoms with E-state index in [2.05, 4.69) is 28.1 Å². The lowest BCUT2D eigenvalue weighted by Gasteiger charge is -2.36. The van der Waals surface area contributed by atoms with Crippen LogP contribution in [0.5, 0.6) is 5.75 Å². The van der Waals surface area contributed by atoms with Crippen molar-refractivity contribution in [1.82, 2.24) is 4.90 Å². The van der Waals surface area contributed by atoms with Gasteiger partial charge in [-0.15, -0.1) is 0 Å². The molecule has 164 valence electrons. The Kier molecular flexibility index (Phi) is 6.42. The molecule has 7 nitrogen and oxygen atoms in total. The van der Waals surface area contributed by atoms with Crippen molar-refractivity contribution in [2.24, 2.45) is 5.92 Å². The van der Waals surface area contributed by atoms with E-state index in [0.29, 0.717) is 18.0 Å². The summed E-state index contributed by atoms with van der Waals surface area (Å²) in [7, 11) is 1.58. The number of nitrogens with one attached hydrogen (secondary N) is 1. The molecule has 31 heavy (non-hydrogen) atoms. The predicted octanol–water partition coefficient (Wildman–Crippen LogP) is 2.83. The fourth-order valence-electron chi connectivity index (χ4n) is 4.36. The Hall–Kier alpha value is -3.06. The summed E-state index contributed by atoms with van der Waals surface area (Å²) in [6.45, 7) is 7.50. The number of carbonyl (C=O) groups is 2. The van der Waals surface area contributed by atoms with Crippen LogP contribution in [-0.2, 0) is 9.59 Å². The predicted molar refractivity (Wildman–Crippen MR) is 123 cm³/mol. The molecule has 0 aromatic heterocycles. The molecule has 2 aliphatic rings. The van der Waals surface area contributed by atoms with Crippen LogP contribution in [0.15, 0.2) is 48.5 Å². The Morgan fingerprint density at radius 1 is 1.03 bits per heavy atom. The third kappa shape index (κ3) is 4.51. The minimum absolute atomic E-state index is 0.0615. The second kappa shape index (κ2) is 9.39. The van der Waals surface area contributed by atoms with Gasteiger partial charge < -0.3 is 24.8 Å². The molecule has 2 aromatic rings. The van der Waals surface area contributed by atoms with Gasteiger partial charge in [-0.1, -0.05) is 31.2 Å². The second-order valence-corrected chi connectivity index (χ2v) is 8.00. The highest BCUT2D eigenvalue weighted by Crippen LogP contribution is 2.34. The van der Waals surface area contributed by atoms with Crippen molar-refractivity contribution in [3.63, 3.8) is 0 Å². The number of carbonyl (C=O) groups excluding carboxylic acids is 2. The molecule has 0 bridgehead atoms. The van der Waals surface area contributed by atoms with Gasteiger partial charge in [-0.3, -0.25) is 9.59 Å². The summed E-state index contributed by atoms with van der Waals surface area (Å²) in [5.41, 5.74) is 2.55. The Bertz CT molecular complexity index is 940. The molecule has 1 unspecified atom stereocenters. The number of amides is 2. The standard InChI is InChI=1S/C24H30N4O3/c1-3-26-12-14-27(15-13-26)20-9-5-4-8-19(20)25-24(30)18-16-23(29)28(17-18)21-10-6-7-11-22(21)31-2/h4-11,18H,3,12-17H2,1-2H3,(H,25,30). The van der Waals surface area contributed by atoms with Crippen molar-refractivity contribution < 1.29 is 14.3 Å². The minimum atomic E-state index is -0.401. The summed E-state index contributed by atoms with van der Waals surface area (Å²) in [4.78, 5) is 32.1. The van der Waals surface area contributed by atoms with Gasteiger partial charge in [-0.25, -0.2) is 0 Å². The van der Waals surface area contributed by atoms with Crippen LogP contribution in [-0.4, -0.2) is 63.1 Å². The number of methoxy groups -OCH3 is 1. The Labute approximate surface area is 183 Å². The molecule has 2 saturated heterocycles. The largest absolute Gasteiger partial charge is 0.495 e. The van der Waals surface area contributed by atoms with Crippen molar-refractivity contribution in [3.8, 4) is 5.75 Å².